The highest BCUT2D eigenvalue weighted by Gasteiger charge is 2.43. The molecule has 2 nitrogen and oxygen atoms in total. The maximum atomic E-state index is 2.72. The Morgan fingerprint density at radius 1 is 0.467 bits per heavy atom. The van der Waals surface area contributed by atoms with Crippen LogP contribution in [0.15, 0.2) is 127 Å². The normalized spacial score (nSPS) is 12.8. The third-order valence-electron chi connectivity index (χ3n) is 10.1. The predicted octanol–water partition coefficient (Wildman–Crippen LogP) is 9.63. The summed E-state index contributed by atoms with van der Waals surface area (Å²) in [6.45, 7) is 9.11. The summed E-state index contributed by atoms with van der Waals surface area (Å²) in [4.78, 5) is 2.46. The molecular formula is C42H33BN2. The number of fused-ring (bicyclic) bond motifs is 4. The van der Waals surface area contributed by atoms with Gasteiger partial charge in [0.2, 0.25) is 0 Å². The van der Waals surface area contributed by atoms with Crippen molar-refractivity contribution in [2.45, 2.75) is 27.7 Å². The van der Waals surface area contributed by atoms with E-state index >= 15 is 0 Å². The summed E-state index contributed by atoms with van der Waals surface area (Å²) in [5.74, 6) is 0. The van der Waals surface area contributed by atoms with E-state index < -0.39 is 0 Å². The maximum absolute atomic E-state index is 2.72. The van der Waals surface area contributed by atoms with E-state index in [9.17, 15) is 0 Å². The molecule has 0 bridgehead atoms. The lowest BCUT2D eigenvalue weighted by molar-refractivity contribution is 1.21. The number of aromatic nitrogens is 1. The molecule has 7 aromatic rings. The topological polar surface area (TPSA) is 8.17 Å². The monoisotopic (exact) mass is 576 g/mol. The van der Waals surface area contributed by atoms with Crippen LogP contribution in [0.25, 0.3) is 44.4 Å². The van der Waals surface area contributed by atoms with Crippen molar-refractivity contribution in [3.8, 4) is 33.5 Å². The molecule has 1 aromatic heterocycles. The lowest BCUT2D eigenvalue weighted by Crippen LogP contribution is -2.56. The third-order valence-corrected chi connectivity index (χ3v) is 10.1. The molecular weight excluding hydrogens is 543 g/mol. The molecule has 0 fully saturated rings. The van der Waals surface area contributed by atoms with Crippen molar-refractivity contribution in [1.82, 2.24) is 4.48 Å². The first-order valence-corrected chi connectivity index (χ1v) is 15.9. The molecule has 0 aliphatic carbocycles. The first kappa shape index (κ1) is 26.2. The lowest BCUT2D eigenvalue weighted by Gasteiger charge is -2.40. The smallest absolute Gasteiger partial charge is 0.333 e. The number of anilines is 3. The predicted molar refractivity (Wildman–Crippen MR) is 192 cm³/mol. The summed E-state index contributed by atoms with van der Waals surface area (Å²) in [6.07, 6.45) is 0. The standard InChI is InChI=1S/C42H33BN2/c1-26-14-10-15-27(2)37(26)39-33-22-12-21-32-31-20-13-25-36-40(31)43(45(41(32)33)42(39)38-28(3)16-11-17-29(38)4)34-23-8-9-24-35(34)44(36)30-18-6-5-7-19-30/h5-25H,1-4H3. The van der Waals surface area contributed by atoms with Crippen molar-refractivity contribution < 1.29 is 0 Å². The average molecular weight is 577 g/mol. The molecule has 0 amide bonds. The van der Waals surface area contributed by atoms with Gasteiger partial charge >= 0.3 is 6.85 Å². The van der Waals surface area contributed by atoms with Gasteiger partial charge in [-0.15, -0.1) is 0 Å². The summed E-state index contributed by atoms with van der Waals surface area (Å²) >= 11 is 0. The molecule has 3 heterocycles. The van der Waals surface area contributed by atoms with Gasteiger partial charge in [-0.3, -0.25) is 0 Å². The van der Waals surface area contributed by atoms with Gasteiger partial charge in [0.25, 0.3) is 0 Å². The Balaban J connectivity index is 1.51. The van der Waals surface area contributed by atoms with Gasteiger partial charge in [0, 0.05) is 50.3 Å². The van der Waals surface area contributed by atoms with Gasteiger partial charge in [0.15, 0.2) is 0 Å². The molecule has 0 N–H and O–H groups in total. The molecule has 0 atom stereocenters. The van der Waals surface area contributed by atoms with Crippen LogP contribution < -0.4 is 15.8 Å². The zero-order valence-corrected chi connectivity index (χ0v) is 26.1. The second kappa shape index (κ2) is 9.61. The van der Waals surface area contributed by atoms with Crippen LogP contribution in [0, 0.1) is 27.7 Å². The third kappa shape index (κ3) is 3.52. The van der Waals surface area contributed by atoms with E-state index in [-0.39, 0.29) is 6.85 Å². The fourth-order valence-corrected chi connectivity index (χ4v) is 8.34. The van der Waals surface area contributed by atoms with Gasteiger partial charge in [0.05, 0.1) is 0 Å². The summed E-state index contributed by atoms with van der Waals surface area (Å²) < 4.78 is 2.72. The van der Waals surface area contributed by atoms with Crippen LogP contribution in [0.1, 0.15) is 22.3 Å². The molecule has 0 spiro atoms. The Morgan fingerprint density at radius 2 is 1.04 bits per heavy atom. The van der Waals surface area contributed by atoms with Crippen molar-refractivity contribution >= 4 is 45.7 Å². The Labute approximate surface area is 265 Å². The number of hydrogen-bond acceptors (Lipinski definition) is 1. The molecule has 3 heteroatoms. The first-order chi connectivity index (χ1) is 22.0. The van der Waals surface area contributed by atoms with Crippen LogP contribution in [0.5, 0.6) is 0 Å². The van der Waals surface area contributed by atoms with Crippen LogP contribution >= 0.6 is 0 Å². The van der Waals surface area contributed by atoms with Gasteiger partial charge in [-0.2, -0.15) is 0 Å². The Hall–Kier alpha value is -5.28. The highest BCUT2D eigenvalue weighted by molar-refractivity contribution is 6.89. The molecule has 2 aliphatic heterocycles. The highest BCUT2D eigenvalue weighted by Crippen LogP contribution is 2.50. The molecule has 45 heavy (non-hydrogen) atoms. The zero-order chi connectivity index (χ0) is 30.4. The fraction of sp³-hybridized carbons (Fsp3) is 0.0952. The Morgan fingerprint density at radius 3 is 1.78 bits per heavy atom. The number of benzene rings is 6. The molecule has 0 saturated carbocycles. The minimum absolute atomic E-state index is 0.0249. The summed E-state index contributed by atoms with van der Waals surface area (Å²) in [6, 6.07) is 47.2. The number of rotatable bonds is 3. The van der Waals surface area contributed by atoms with Crippen LogP contribution in [0.3, 0.4) is 0 Å². The quantitative estimate of drug-likeness (QED) is 0.190. The Kier molecular flexibility index (Phi) is 5.59. The van der Waals surface area contributed by atoms with Gasteiger partial charge in [-0.25, -0.2) is 0 Å². The van der Waals surface area contributed by atoms with E-state index in [0.29, 0.717) is 0 Å². The van der Waals surface area contributed by atoms with Gasteiger partial charge in [-0.05, 0) is 96.3 Å². The van der Waals surface area contributed by atoms with Crippen molar-refractivity contribution in [1.29, 1.82) is 0 Å². The van der Waals surface area contributed by atoms with Crippen LogP contribution in [-0.4, -0.2) is 11.3 Å². The number of para-hydroxylation sites is 3. The second-order valence-corrected chi connectivity index (χ2v) is 12.7. The van der Waals surface area contributed by atoms with Crippen molar-refractivity contribution in [2.75, 3.05) is 4.90 Å². The van der Waals surface area contributed by atoms with Crippen LogP contribution in [-0.2, 0) is 0 Å². The molecule has 6 aromatic carbocycles. The van der Waals surface area contributed by atoms with Gasteiger partial charge in [0.1, 0.15) is 0 Å². The lowest BCUT2D eigenvalue weighted by atomic mass is 9.45. The van der Waals surface area contributed by atoms with Crippen molar-refractivity contribution in [3.05, 3.63) is 150 Å². The Bertz CT molecular complexity index is 2290. The number of aryl methyl sites for hydroxylation is 4. The second-order valence-electron chi connectivity index (χ2n) is 12.7. The number of hydrogen-bond donors (Lipinski definition) is 0. The van der Waals surface area contributed by atoms with E-state index in [1.165, 1.54) is 94.7 Å². The van der Waals surface area contributed by atoms with Crippen LogP contribution in [0.2, 0.25) is 0 Å². The summed E-state index contributed by atoms with van der Waals surface area (Å²) in [7, 11) is 0. The molecule has 9 rings (SSSR count). The average Bonchev–Trinajstić information content (AvgIpc) is 3.38. The molecule has 214 valence electrons. The van der Waals surface area contributed by atoms with Crippen LogP contribution in [0.4, 0.5) is 17.1 Å². The summed E-state index contributed by atoms with van der Waals surface area (Å²) in [5.41, 5.74) is 20.9. The first-order valence-electron chi connectivity index (χ1n) is 15.9. The van der Waals surface area contributed by atoms with E-state index in [0.717, 1.165) is 0 Å². The summed E-state index contributed by atoms with van der Waals surface area (Å²) in [5, 5.41) is 1.32. The maximum Gasteiger partial charge on any atom is 0.333 e. The number of nitrogens with zero attached hydrogens (tertiary/aromatic N) is 2. The highest BCUT2D eigenvalue weighted by atomic mass is 15.2. The largest absolute Gasteiger partial charge is 0.375 e. The van der Waals surface area contributed by atoms with Crippen molar-refractivity contribution in [3.63, 3.8) is 0 Å². The van der Waals surface area contributed by atoms with E-state index in [1.54, 1.807) is 0 Å². The minimum Gasteiger partial charge on any atom is -0.375 e. The molecule has 0 unspecified atom stereocenters. The molecule has 0 radical (unpaired) electrons. The van der Waals surface area contributed by atoms with Gasteiger partial charge < -0.3 is 9.38 Å². The fourth-order valence-electron chi connectivity index (χ4n) is 8.34. The van der Waals surface area contributed by atoms with Crippen molar-refractivity contribution in [2.24, 2.45) is 0 Å². The minimum atomic E-state index is 0.0249. The zero-order valence-electron chi connectivity index (χ0n) is 26.1. The van der Waals surface area contributed by atoms with E-state index in [4.69, 9.17) is 0 Å². The molecule has 2 aliphatic rings. The molecule has 0 saturated heterocycles. The van der Waals surface area contributed by atoms with Gasteiger partial charge in [-0.1, -0.05) is 103 Å². The van der Waals surface area contributed by atoms with E-state index in [2.05, 4.69) is 164 Å². The van der Waals surface area contributed by atoms with E-state index in [1.807, 2.05) is 0 Å². The SMILES string of the molecule is Cc1cccc(C)c1-c1c(-c2c(C)cccc2C)n2c3c(cccc13)-c1cccc3c1B2c1ccccc1N3c1ccccc1.